The van der Waals surface area contributed by atoms with Gasteiger partial charge < -0.3 is 5.32 Å². The first-order valence-electron chi connectivity index (χ1n) is 8.00. The predicted octanol–water partition coefficient (Wildman–Crippen LogP) is 1.99. The summed E-state index contributed by atoms with van der Waals surface area (Å²) in [6, 6.07) is 6.02. The maximum atomic E-state index is 12.3. The molecule has 0 aromatic heterocycles. The summed E-state index contributed by atoms with van der Waals surface area (Å²) < 4.78 is 27.4. The Kier molecular flexibility index (Phi) is 4.62. The molecule has 2 N–H and O–H groups in total. The van der Waals surface area contributed by atoms with E-state index in [0.717, 1.165) is 38.6 Å². The summed E-state index contributed by atoms with van der Waals surface area (Å²) in [5.41, 5.74) is 2.51. The van der Waals surface area contributed by atoms with Crippen LogP contribution >= 0.6 is 0 Å². The van der Waals surface area contributed by atoms with Crippen LogP contribution in [-0.4, -0.2) is 27.5 Å². The number of piperidine rings is 1. The number of rotatable bonds is 5. The zero-order valence-electron chi connectivity index (χ0n) is 12.4. The van der Waals surface area contributed by atoms with E-state index >= 15 is 0 Å². The molecule has 1 heterocycles. The summed E-state index contributed by atoms with van der Waals surface area (Å²) in [7, 11) is -3.36. The van der Waals surface area contributed by atoms with Crippen molar-refractivity contribution in [2.45, 2.75) is 55.9 Å². The second-order valence-electron chi connectivity index (χ2n) is 6.12. The number of hydrogen-bond donors (Lipinski definition) is 2. The second-order valence-corrected chi connectivity index (χ2v) is 7.88. The lowest BCUT2D eigenvalue weighted by atomic mass is 10.0. The van der Waals surface area contributed by atoms with Gasteiger partial charge in [-0.2, -0.15) is 0 Å². The van der Waals surface area contributed by atoms with Crippen molar-refractivity contribution < 1.29 is 8.42 Å². The minimum absolute atomic E-state index is 0.416. The van der Waals surface area contributed by atoms with Gasteiger partial charge in [0.1, 0.15) is 0 Å². The molecule has 116 valence electrons. The topological polar surface area (TPSA) is 58.2 Å². The zero-order chi connectivity index (χ0) is 14.7. The van der Waals surface area contributed by atoms with E-state index in [1.54, 1.807) is 6.07 Å². The van der Waals surface area contributed by atoms with Gasteiger partial charge in [0.25, 0.3) is 0 Å². The molecule has 4 nitrogen and oxygen atoms in total. The third-order valence-corrected chi connectivity index (χ3v) is 6.04. The average Bonchev–Trinajstić information content (AvgIpc) is 2.95. The Bertz CT molecular complexity index is 592. The summed E-state index contributed by atoms with van der Waals surface area (Å²) in [5.74, 6) is 0. The predicted molar refractivity (Wildman–Crippen MR) is 83.9 cm³/mol. The smallest absolute Gasteiger partial charge is 0.240 e. The van der Waals surface area contributed by atoms with Crippen molar-refractivity contribution in [1.82, 2.24) is 10.0 Å². The van der Waals surface area contributed by atoms with Crippen LogP contribution in [0.2, 0.25) is 0 Å². The first-order valence-corrected chi connectivity index (χ1v) is 9.48. The van der Waals surface area contributed by atoms with Gasteiger partial charge in [-0.15, -0.1) is 0 Å². The van der Waals surface area contributed by atoms with Crippen LogP contribution in [0.5, 0.6) is 0 Å². The van der Waals surface area contributed by atoms with Crippen LogP contribution < -0.4 is 10.0 Å². The van der Waals surface area contributed by atoms with E-state index in [-0.39, 0.29) is 0 Å². The Morgan fingerprint density at radius 3 is 2.81 bits per heavy atom. The minimum atomic E-state index is -3.36. The monoisotopic (exact) mass is 308 g/mol. The van der Waals surface area contributed by atoms with Gasteiger partial charge in [0.2, 0.25) is 10.0 Å². The van der Waals surface area contributed by atoms with E-state index in [4.69, 9.17) is 0 Å². The Hall–Kier alpha value is -0.910. The van der Waals surface area contributed by atoms with E-state index in [2.05, 4.69) is 10.0 Å². The molecule has 0 amide bonds. The van der Waals surface area contributed by atoms with Crippen LogP contribution in [0, 0.1) is 0 Å². The number of benzene rings is 1. The molecule has 1 aromatic carbocycles. The fourth-order valence-corrected chi connectivity index (χ4v) is 4.43. The van der Waals surface area contributed by atoms with Gasteiger partial charge in [-0.25, -0.2) is 13.1 Å². The average molecular weight is 308 g/mol. The third kappa shape index (κ3) is 3.65. The quantitative estimate of drug-likeness (QED) is 0.874. The van der Waals surface area contributed by atoms with Crippen molar-refractivity contribution in [3.8, 4) is 0 Å². The van der Waals surface area contributed by atoms with Gasteiger partial charge in [-0.1, -0.05) is 12.5 Å². The van der Waals surface area contributed by atoms with Crippen molar-refractivity contribution in [1.29, 1.82) is 0 Å². The highest BCUT2D eigenvalue weighted by atomic mass is 32.2. The van der Waals surface area contributed by atoms with Gasteiger partial charge in [-0.3, -0.25) is 0 Å². The number of nitrogens with one attached hydrogen (secondary N) is 2. The van der Waals surface area contributed by atoms with Crippen LogP contribution in [-0.2, 0) is 22.9 Å². The largest absolute Gasteiger partial charge is 0.314 e. The molecule has 1 fully saturated rings. The summed E-state index contributed by atoms with van der Waals surface area (Å²) in [6.45, 7) is 1.57. The van der Waals surface area contributed by atoms with E-state index < -0.39 is 10.0 Å². The van der Waals surface area contributed by atoms with Crippen molar-refractivity contribution >= 4 is 10.0 Å². The molecule has 1 aliphatic heterocycles. The van der Waals surface area contributed by atoms with Crippen molar-refractivity contribution in [2.24, 2.45) is 0 Å². The molecule has 1 saturated heterocycles. The number of sulfonamides is 1. The molecule has 0 saturated carbocycles. The molecule has 1 aliphatic carbocycles. The summed E-state index contributed by atoms with van der Waals surface area (Å²) in [6.07, 6.45) is 7.72. The van der Waals surface area contributed by atoms with Crippen LogP contribution in [0.25, 0.3) is 0 Å². The SMILES string of the molecule is O=S(=O)(NCCC1CCCCN1)c1ccc2c(c1)CCC2. The Labute approximate surface area is 127 Å². The van der Waals surface area contributed by atoms with Crippen molar-refractivity contribution in [2.75, 3.05) is 13.1 Å². The van der Waals surface area contributed by atoms with Gasteiger partial charge in [0.05, 0.1) is 4.90 Å². The van der Waals surface area contributed by atoms with Crippen LogP contribution in [0.4, 0.5) is 0 Å². The molecule has 0 radical (unpaired) electrons. The molecule has 21 heavy (non-hydrogen) atoms. The molecule has 2 aliphatic rings. The molecular formula is C16H24N2O2S. The minimum Gasteiger partial charge on any atom is -0.314 e. The van der Waals surface area contributed by atoms with Gasteiger partial charge >= 0.3 is 0 Å². The van der Waals surface area contributed by atoms with Crippen molar-refractivity contribution in [3.63, 3.8) is 0 Å². The van der Waals surface area contributed by atoms with Crippen LogP contribution in [0.3, 0.4) is 0 Å². The third-order valence-electron chi connectivity index (χ3n) is 4.58. The highest BCUT2D eigenvalue weighted by Crippen LogP contribution is 2.24. The highest BCUT2D eigenvalue weighted by Gasteiger charge is 2.19. The molecule has 5 heteroatoms. The second kappa shape index (κ2) is 6.46. The maximum absolute atomic E-state index is 12.3. The maximum Gasteiger partial charge on any atom is 0.240 e. The normalized spacial score (nSPS) is 22.2. The Balaban J connectivity index is 1.58. The Morgan fingerprint density at radius 1 is 1.14 bits per heavy atom. The van der Waals surface area contributed by atoms with E-state index in [0.29, 0.717) is 17.5 Å². The summed E-state index contributed by atoms with van der Waals surface area (Å²) >= 11 is 0. The molecule has 0 spiro atoms. The van der Waals surface area contributed by atoms with Crippen molar-refractivity contribution in [3.05, 3.63) is 29.3 Å². The molecule has 1 aromatic rings. The van der Waals surface area contributed by atoms with Gasteiger partial charge in [0.15, 0.2) is 0 Å². The lowest BCUT2D eigenvalue weighted by molar-refractivity contribution is 0.382. The molecular weight excluding hydrogens is 284 g/mol. The standard InChI is InChI=1S/C16H24N2O2S/c19-21(20,18-11-9-15-6-1-2-10-17-15)16-8-7-13-4-3-5-14(13)12-16/h7-8,12,15,17-18H,1-6,9-11H2. The number of aryl methyl sites for hydroxylation is 2. The lowest BCUT2D eigenvalue weighted by Gasteiger charge is -2.23. The Morgan fingerprint density at radius 2 is 2.00 bits per heavy atom. The van der Waals surface area contributed by atoms with E-state index in [1.165, 1.54) is 24.0 Å². The fourth-order valence-electron chi connectivity index (χ4n) is 3.34. The summed E-state index contributed by atoms with van der Waals surface area (Å²) in [5, 5.41) is 3.44. The zero-order valence-corrected chi connectivity index (χ0v) is 13.2. The molecule has 3 rings (SSSR count). The number of fused-ring (bicyclic) bond motifs is 1. The fraction of sp³-hybridized carbons (Fsp3) is 0.625. The molecule has 0 bridgehead atoms. The lowest BCUT2D eigenvalue weighted by Crippen LogP contribution is -2.37. The van der Waals surface area contributed by atoms with Gasteiger partial charge in [-0.05, 0) is 68.3 Å². The first kappa shape index (κ1) is 15.0. The van der Waals surface area contributed by atoms with Gasteiger partial charge in [0, 0.05) is 12.6 Å². The van der Waals surface area contributed by atoms with E-state index in [9.17, 15) is 8.42 Å². The van der Waals surface area contributed by atoms with E-state index in [1.807, 2.05) is 12.1 Å². The van der Waals surface area contributed by atoms with Crippen LogP contribution in [0.15, 0.2) is 23.1 Å². The number of hydrogen-bond acceptors (Lipinski definition) is 3. The molecule has 1 atom stereocenters. The summed E-state index contributed by atoms with van der Waals surface area (Å²) in [4.78, 5) is 0.416. The van der Waals surface area contributed by atoms with Crippen LogP contribution in [0.1, 0.15) is 43.2 Å². The molecule has 1 unspecified atom stereocenters. The first-order chi connectivity index (χ1) is 10.1. The highest BCUT2D eigenvalue weighted by molar-refractivity contribution is 7.89.